The van der Waals surface area contributed by atoms with Gasteiger partial charge in [-0.05, 0) is 5.56 Å². The third-order valence-electron chi connectivity index (χ3n) is 2.34. The number of rotatable bonds is 1. The minimum absolute atomic E-state index is 0.162. The molecule has 1 atom stereocenters. The van der Waals surface area contributed by atoms with E-state index in [0.717, 1.165) is 6.42 Å². The minimum atomic E-state index is -4.59. The molecule has 0 spiro atoms. The molecule has 0 aromatic heterocycles. The minimum Gasteiger partial charge on any atom is -0.368 e. The van der Waals surface area contributed by atoms with E-state index in [4.69, 9.17) is 4.55 Å². The summed E-state index contributed by atoms with van der Waals surface area (Å²) in [5, 5.41) is 9.92. The number of benzene rings is 1. The Hall–Kier alpha value is -1.17. The van der Waals surface area contributed by atoms with Crippen molar-refractivity contribution in [1.29, 1.82) is 0 Å². The summed E-state index contributed by atoms with van der Waals surface area (Å²) < 4.78 is 31.2. The van der Waals surface area contributed by atoms with Crippen LogP contribution in [0, 0.1) is 6.42 Å². The number of aliphatic hydroxyl groups is 1. The monoisotopic (exact) mass is 225 g/mol. The molecule has 1 aliphatic carbocycles. The van der Waals surface area contributed by atoms with E-state index in [1.807, 2.05) is 0 Å². The second kappa shape index (κ2) is 3.16. The van der Waals surface area contributed by atoms with Crippen molar-refractivity contribution in [2.24, 2.45) is 0 Å². The van der Waals surface area contributed by atoms with Crippen molar-refractivity contribution < 1.29 is 18.1 Å². The summed E-state index contributed by atoms with van der Waals surface area (Å²) in [5.74, 6) is 0. The van der Waals surface area contributed by atoms with Gasteiger partial charge in [-0.1, -0.05) is 36.4 Å². The second-order valence-electron chi connectivity index (χ2n) is 3.28. The maximum Gasteiger partial charge on any atom is 0.300 e. The predicted molar refractivity (Wildman–Crippen MR) is 55.2 cm³/mol. The van der Waals surface area contributed by atoms with Crippen molar-refractivity contribution in [3.8, 4) is 0 Å². The highest BCUT2D eigenvalue weighted by Crippen LogP contribution is 2.36. The molecule has 0 saturated heterocycles. The first-order chi connectivity index (χ1) is 6.95. The maximum absolute atomic E-state index is 11.1. The predicted octanol–water partition coefficient (Wildman–Crippen LogP) is 0.951. The standard InChI is InChI=1S/C10H9O4S/c11-10(15(12,13)14)7-3-5-8-4-1-2-6-9(8)10/h1-7,11H,(H,12,13,14). The van der Waals surface area contributed by atoms with Gasteiger partial charge in [-0.3, -0.25) is 4.55 Å². The van der Waals surface area contributed by atoms with E-state index < -0.39 is 15.1 Å². The molecule has 0 amide bonds. The van der Waals surface area contributed by atoms with Gasteiger partial charge < -0.3 is 5.11 Å². The molecule has 1 aliphatic rings. The van der Waals surface area contributed by atoms with Gasteiger partial charge in [0, 0.05) is 12.0 Å². The Kier molecular flexibility index (Phi) is 2.18. The normalized spacial score (nSPS) is 24.9. The van der Waals surface area contributed by atoms with Crippen LogP contribution in [0.25, 0.3) is 6.08 Å². The van der Waals surface area contributed by atoms with Crippen LogP contribution in [-0.4, -0.2) is 18.1 Å². The molecule has 1 aromatic carbocycles. The van der Waals surface area contributed by atoms with Crippen molar-refractivity contribution in [3.63, 3.8) is 0 Å². The van der Waals surface area contributed by atoms with Crippen LogP contribution in [0.4, 0.5) is 0 Å². The average Bonchev–Trinajstić information content (AvgIpc) is 2.17. The van der Waals surface area contributed by atoms with E-state index in [2.05, 4.69) is 0 Å². The lowest BCUT2D eigenvalue weighted by Crippen LogP contribution is -2.37. The van der Waals surface area contributed by atoms with Gasteiger partial charge in [0.25, 0.3) is 10.1 Å². The van der Waals surface area contributed by atoms with Gasteiger partial charge in [0.05, 0.1) is 0 Å². The van der Waals surface area contributed by atoms with E-state index in [9.17, 15) is 13.5 Å². The smallest absolute Gasteiger partial charge is 0.300 e. The Morgan fingerprint density at radius 3 is 2.53 bits per heavy atom. The molecule has 4 nitrogen and oxygen atoms in total. The Morgan fingerprint density at radius 2 is 1.87 bits per heavy atom. The van der Waals surface area contributed by atoms with Crippen LogP contribution in [0.15, 0.2) is 30.3 Å². The van der Waals surface area contributed by atoms with Crippen molar-refractivity contribution in [2.45, 2.75) is 4.93 Å². The van der Waals surface area contributed by atoms with Crippen LogP contribution in [0.1, 0.15) is 11.1 Å². The highest BCUT2D eigenvalue weighted by Gasteiger charge is 2.44. The fraction of sp³-hybridized carbons (Fsp3) is 0.100. The van der Waals surface area contributed by atoms with Crippen molar-refractivity contribution in [2.75, 3.05) is 0 Å². The molecule has 79 valence electrons. The summed E-state index contributed by atoms with van der Waals surface area (Å²) in [4.78, 5) is -2.33. The van der Waals surface area contributed by atoms with Gasteiger partial charge in [-0.15, -0.1) is 0 Å². The highest BCUT2D eigenvalue weighted by molar-refractivity contribution is 7.86. The van der Waals surface area contributed by atoms with Crippen LogP contribution >= 0.6 is 0 Å². The molecule has 0 fully saturated rings. The SMILES string of the molecule is O=S(=O)(O)C1(O)[CH]C=Cc2ccccc21. The van der Waals surface area contributed by atoms with Gasteiger partial charge in [-0.25, -0.2) is 0 Å². The quantitative estimate of drug-likeness (QED) is 0.698. The van der Waals surface area contributed by atoms with Gasteiger partial charge >= 0.3 is 0 Å². The van der Waals surface area contributed by atoms with Gasteiger partial charge in [0.1, 0.15) is 0 Å². The number of hydrogen-bond donors (Lipinski definition) is 2. The molecule has 0 saturated carbocycles. The molecular weight excluding hydrogens is 216 g/mol. The van der Waals surface area contributed by atoms with Crippen LogP contribution < -0.4 is 0 Å². The molecular formula is C10H9O4S. The Labute approximate surface area is 87.6 Å². The molecule has 2 N–H and O–H groups in total. The van der Waals surface area contributed by atoms with E-state index in [1.54, 1.807) is 24.3 Å². The molecule has 0 heterocycles. The Balaban J connectivity index is 2.71. The molecule has 1 aromatic rings. The van der Waals surface area contributed by atoms with Crippen LogP contribution in [0.2, 0.25) is 0 Å². The number of fused-ring (bicyclic) bond motifs is 1. The molecule has 0 bridgehead atoms. The summed E-state index contributed by atoms with van der Waals surface area (Å²) in [6.45, 7) is 0. The summed E-state index contributed by atoms with van der Waals surface area (Å²) in [5.41, 5.74) is 0.732. The summed E-state index contributed by atoms with van der Waals surface area (Å²) in [6.07, 6.45) is 4.11. The molecule has 2 rings (SSSR count). The van der Waals surface area contributed by atoms with E-state index >= 15 is 0 Å². The van der Waals surface area contributed by atoms with Crippen LogP contribution in [-0.2, 0) is 15.1 Å². The largest absolute Gasteiger partial charge is 0.368 e. The van der Waals surface area contributed by atoms with E-state index in [1.165, 1.54) is 12.1 Å². The van der Waals surface area contributed by atoms with Gasteiger partial charge in [-0.2, -0.15) is 8.42 Å². The van der Waals surface area contributed by atoms with Crippen molar-refractivity contribution in [1.82, 2.24) is 0 Å². The van der Waals surface area contributed by atoms with Crippen LogP contribution in [0.3, 0.4) is 0 Å². The zero-order valence-electron chi connectivity index (χ0n) is 7.66. The molecule has 0 aliphatic heterocycles. The van der Waals surface area contributed by atoms with Gasteiger partial charge in [0.15, 0.2) is 0 Å². The molecule has 15 heavy (non-hydrogen) atoms. The lowest BCUT2D eigenvalue weighted by atomic mass is 9.94. The molecule has 1 unspecified atom stereocenters. The fourth-order valence-electron chi connectivity index (χ4n) is 1.57. The Morgan fingerprint density at radius 1 is 1.20 bits per heavy atom. The zero-order chi connectivity index (χ0) is 11.1. The van der Waals surface area contributed by atoms with E-state index in [-0.39, 0.29) is 5.56 Å². The van der Waals surface area contributed by atoms with Crippen molar-refractivity contribution >= 4 is 16.2 Å². The third-order valence-corrected chi connectivity index (χ3v) is 3.48. The van der Waals surface area contributed by atoms with Gasteiger partial charge in [0.2, 0.25) is 4.93 Å². The maximum atomic E-state index is 11.1. The van der Waals surface area contributed by atoms with Crippen molar-refractivity contribution in [3.05, 3.63) is 47.9 Å². The first-order valence-electron chi connectivity index (χ1n) is 4.27. The lowest BCUT2D eigenvalue weighted by Gasteiger charge is -2.27. The number of hydrogen-bond acceptors (Lipinski definition) is 3. The zero-order valence-corrected chi connectivity index (χ0v) is 8.48. The van der Waals surface area contributed by atoms with E-state index in [0.29, 0.717) is 5.56 Å². The molecule has 1 radical (unpaired) electrons. The third kappa shape index (κ3) is 1.49. The highest BCUT2D eigenvalue weighted by atomic mass is 32.2. The summed E-state index contributed by atoms with van der Waals surface area (Å²) in [6, 6.07) is 6.44. The lowest BCUT2D eigenvalue weighted by molar-refractivity contribution is 0.149. The first-order valence-corrected chi connectivity index (χ1v) is 5.71. The Bertz CT molecular complexity index is 518. The molecule has 5 heteroatoms. The fourth-order valence-corrected chi connectivity index (χ4v) is 2.28. The topological polar surface area (TPSA) is 74.6 Å². The van der Waals surface area contributed by atoms with Crippen LogP contribution in [0.5, 0.6) is 0 Å². The summed E-state index contributed by atoms with van der Waals surface area (Å²) in [7, 11) is -4.59. The summed E-state index contributed by atoms with van der Waals surface area (Å²) >= 11 is 0. The second-order valence-corrected chi connectivity index (χ2v) is 4.86. The first kappa shape index (κ1) is 10.4. The average molecular weight is 225 g/mol.